The van der Waals surface area contributed by atoms with Gasteiger partial charge < -0.3 is 9.64 Å². The van der Waals surface area contributed by atoms with E-state index in [4.69, 9.17) is 4.74 Å². The smallest absolute Gasteiger partial charge is 0.410 e. The number of carbonyl (C=O) groups excluding carboxylic acids is 1. The summed E-state index contributed by atoms with van der Waals surface area (Å²) in [5, 5.41) is 0. The molecule has 0 spiro atoms. The zero-order valence-electron chi connectivity index (χ0n) is 11.2. The molecule has 0 saturated carbocycles. The van der Waals surface area contributed by atoms with Crippen LogP contribution in [0, 0.1) is 0 Å². The lowest BCUT2D eigenvalue weighted by atomic mass is 10.1. The van der Waals surface area contributed by atoms with Gasteiger partial charge in [0, 0.05) is 6.54 Å². The molecule has 1 saturated heterocycles. The Labute approximate surface area is 118 Å². The van der Waals surface area contributed by atoms with E-state index in [1.165, 1.54) is 5.56 Å². The standard InChI is InChI=1S/C17H17NO2/c19-17(20-13-15-9-5-2-6-10-15)18-12-16(18)11-14-7-3-1-4-8-14/h1-10,16H,11-13H2. The Kier molecular flexibility index (Phi) is 3.68. The molecule has 1 fully saturated rings. The van der Waals surface area contributed by atoms with Crippen molar-refractivity contribution in [3.63, 3.8) is 0 Å². The zero-order chi connectivity index (χ0) is 13.8. The Bertz CT molecular complexity index is 568. The first-order chi connectivity index (χ1) is 9.83. The predicted molar refractivity (Wildman–Crippen MR) is 77.3 cm³/mol. The molecule has 0 aliphatic carbocycles. The number of amides is 1. The van der Waals surface area contributed by atoms with Gasteiger partial charge in [-0.1, -0.05) is 60.7 Å². The molecule has 2 aromatic carbocycles. The summed E-state index contributed by atoms with van der Waals surface area (Å²) in [7, 11) is 0. The van der Waals surface area contributed by atoms with Crippen molar-refractivity contribution in [1.29, 1.82) is 0 Å². The van der Waals surface area contributed by atoms with Crippen molar-refractivity contribution < 1.29 is 9.53 Å². The summed E-state index contributed by atoms with van der Waals surface area (Å²) in [5.74, 6) is 0. The van der Waals surface area contributed by atoms with Crippen molar-refractivity contribution in [2.45, 2.75) is 19.1 Å². The molecule has 1 heterocycles. The minimum atomic E-state index is -0.213. The molecular formula is C17H17NO2. The van der Waals surface area contributed by atoms with Gasteiger partial charge in [-0.3, -0.25) is 0 Å². The van der Waals surface area contributed by atoms with Gasteiger partial charge in [0.25, 0.3) is 0 Å². The second-order valence-corrected chi connectivity index (χ2v) is 5.04. The Balaban J connectivity index is 1.46. The van der Waals surface area contributed by atoms with E-state index < -0.39 is 0 Å². The lowest BCUT2D eigenvalue weighted by Crippen LogP contribution is -2.16. The van der Waals surface area contributed by atoms with Crippen molar-refractivity contribution in [2.75, 3.05) is 6.54 Å². The Morgan fingerprint density at radius 3 is 2.25 bits per heavy atom. The molecule has 20 heavy (non-hydrogen) atoms. The van der Waals surface area contributed by atoms with Crippen LogP contribution in [0.25, 0.3) is 0 Å². The van der Waals surface area contributed by atoms with Crippen LogP contribution in [0.3, 0.4) is 0 Å². The Morgan fingerprint density at radius 1 is 1.00 bits per heavy atom. The summed E-state index contributed by atoms with van der Waals surface area (Å²) in [6, 6.07) is 20.3. The third kappa shape index (κ3) is 3.18. The Morgan fingerprint density at radius 2 is 1.60 bits per heavy atom. The van der Waals surface area contributed by atoms with Gasteiger partial charge in [0.15, 0.2) is 0 Å². The third-order valence-electron chi connectivity index (χ3n) is 3.47. The summed E-state index contributed by atoms with van der Waals surface area (Å²) in [4.78, 5) is 13.7. The van der Waals surface area contributed by atoms with Crippen LogP contribution in [0.4, 0.5) is 4.79 Å². The second kappa shape index (κ2) is 5.78. The van der Waals surface area contributed by atoms with Crippen LogP contribution >= 0.6 is 0 Å². The van der Waals surface area contributed by atoms with Gasteiger partial charge >= 0.3 is 6.09 Å². The molecular weight excluding hydrogens is 250 g/mol. The fourth-order valence-corrected chi connectivity index (χ4v) is 2.27. The fourth-order valence-electron chi connectivity index (χ4n) is 2.27. The first kappa shape index (κ1) is 12.7. The van der Waals surface area contributed by atoms with Gasteiger partial charge in [-0.05, 0) is 17.5 Å². The van der Waals surface area contributed by atoms with Crippen LogP contribution in [-0.4, -0.2) is 23.6 Å². The van der Waals surface area contributed by atoms with Gasteiger partial charge in [0.05, 0.1) is 6.04 Å². The number of hydrogen-bond acceptors (Lipinski definition) is 2. The summed E-state index contributed by atoms with van der Waals surface area (Å²) >= 11 is 0. The van der Waals surface area contributed by atoms with Crippen molar-refractivity contribution in [3.8, 4) is 0 Å². The van der Waals surface area contributed by atoms with E-state index in [-0.39, 0.29) is 6.09 Å². The third-order valence-corrected chi connectivity index (χ3v) is 3.47. The number of rotatable bonds is 4. The van der Waals surface area contributed by atoms with E-state index in [1.54, 1.807) is 4.90 Å². The highest BCUT2D eigenvalue weighted by Crippen LogP contribution is 2.23. The van der Waals surface area contributed by atoms with E-state index in [2.05, 4.69) is 12.1 Å². The summed E-state index contributed by atoms with van der Waals surface area (Å²) < 4.78 is 5.31. The molecule has 0 bridgehead atoms. The second-order valence-electron chi connectivity index (χ2n) is 5.04. The highest BCUT2D eigenvalue weighted by Gasteiger charge is 2.39. The number of nitrogens with zero attached hydrogens (tertiary/aromatic N) is 1. The van der Waals surface area contributed by atoms with Gasteiger partial charge in [-0.2, -0.15) is 0 Å². The van der Waals surface area contributed by atoms with Crippen LogP contribution in [0.15, 0.2) is 60.7 Å². The van der Waals surface area contributed by atoms with Gasteiger partial charge in [0.2, 0.25) is 0 Å². The monoisotopic (exact) mass is 267 g/mol. The molecule has 0 N–H and O–H groups in total. The van der Waals surface area contributed by atoms with Crippen LogP contribution in [0.1, 0.15) is 11.1 Å². The Hall–Kier alpha value is -2.29. The summed E-state index contributed by atoms with van der Waals surface area (Å²) in [6.45, 7) is 1.14. The first-order valence-corrected chi connectivity index (χ1v) is 6.84. The number of ether oxygens (including phenoxy) is 1. The normalized spacial score (nSPS) is 16.8. The highest BCUT2D eigenvalue weighted by molar-refractivity contribution is 5.71. The molecule has 1 aliphatic heterocycles. The quantitative estimate of drug-likeness (QED) is 0.796. The average Bonchev–Trinajstić information content (AvgIpc) is 3.26. The highest BCUT2D eigenvalue weighted by atomic mass is 16.6. The van der Waals surface area contributed by atoms with Gasteiger partial charge in [-0.25, -0.2) is 4.79 Å². The maximum Gasteiger partial charge on any atom is 0.410 e. The largest absolute Gasteiger partial charge is 0.445 e. The van der Waals surface area contributed by atoms with E-state index >= 15 is 0 Å². The molecule has 3 nitrogen and oxygen atoms in total. The molecule has 102 valence electrons. The van der Waals surface area contributed by atoms with Crippen molar-refractivity contribution in [1.82, 2.24) is 4.90 Å². The average molecular weight is 267 g/mol. The van der Waals surface area contributed by atoms with Crippen molar-refractivity contribution in [3.05, 3.63) is 71.8 Å². The molecule has 0 radical (unpaired) electrons. The van der Waals surface area contributed by atoms with E-state index in [1.807, 2.05) is 48.5 Å². The van der Waals surface area contributed by atoms with Crippen LogP contribution in [0.2, 0.25) is 0 Å². The molecule has 2 aromatic rings. The number of hydrogen-bond donors (Lipinski definition) is 0. The lowest BCUT2D eigenvalue weighted by molar-refractivity contribution is 0.122. The number of benzene rings is 2. The molecule has 0 aromatic heterocycles. The molecule has 3 rings (SSSR count). The summed E-state index contributed by atoms with van der Waals surface area (Å²) in [6.07, 6.45) is 0.691. The maximum absolute atomic E-state index is 11.9. The van der Waals surface area contributed by atoms with Gasteiger partial charge in [0.1, 0.15) is 6.61 Å². The first-order valence-electron chi connectivity index (χ1n) is 6.84. The molecule has 1 amide bonds. The minimum absolute atomic E-state index is 0.213. The van der Waals surface area contributed by atoms with E-state index in [0.29, 0.717) is 12.6 Å². The lowest BCUT2D eigenvalue weighted by Gasteiger charge is -2.06. The van der Waals surface area contributed by atoms with Crippen molar-refractivity contribution >= 4 is 6.09 Å². The molecule has 1 aliphatic rings. The van der Waals surface area contributed by atoms with E-state index in [9.17, 15) is 4.79 Å². The molecule has 1 atom stereocenters. The predicted octanol–water partition coefficient (Wildman–Crippen LogP) is 3.25. The zero-order valence-corrected chi connectivity index (χ0v) is 11.2. The van der Waals surface area contributed by atoms with Crippen LogP contribution < -0.4 is 0 Å². The van der Waals surface area contributed by atoms with Crippen LogP contribution in [0.5, 0.6) is 0 Å². The van der Waals surface area contributed by atoms with Crippen LogP contribution in [-0.2, 0) is 17.8 Å². The van der Waals surface area contributed by atoms with Crippen molar-refractivity contribution in [2.24, 2.45) is 0 Å². The maximum atomic E-state index is 11.9. The number of carbonyl (C=O) groups is 1. The van der Waals surface area contributed by atoms with E-state index in [0.717, 1.165) is 18.5 Å². The molecule has 3 heteroatoms. The fraction of sp³-hybridized carbons (Fsp3) is 0.235. The topological polar surface area (TPSA) is 29.3 Å². The SMILES string of the molecule is O=C(OCc1ccccc1)N1CC1Cc1ccccc1. The minimum Gasteiger partial charge on any atom is -0.445 e. The summed E-state index contributed by atoms with van der Waals surface area (Å²) in [5.41, 5.74) is 2.28. The molecule has 1 unspecified atom stereocenters. The van der Waals surface area contributed by atoms with Gasteiger partial charge in [-0.15, -0.1) is 0 Å².